The van der Waals surface area contributed by atoms with Gasteiger partial charge < -0.3 is 24.4 Å². The summed E-state index contributed by atoms with van der Waals surface area (Å²) >= 11 is 0. The van der Waals surface area contributed by atoms with Gasteiger partial charge in [-0.3, -0.25) is 4.99 Å². The number of methoxy groups -OCH3 is 1. The van der Waals surface area contributed by atoms with Crippen molar-refractivity contribution in [1.82, 2.24) is 10.2 Å². The first-order chi connectivity index (χ1) is 13.3. The molecule has 28 heavy (non-hydrogen) atoms. The maximum atomic E-state index is 6.13. The number of rotatable bonds is 9. The standard InChI is InChI=1S/C21H33N3O3.HI/c1-22-21(24-11-10-17(15-24)16-26-13-12-25-2)23-14-18-6-3-4-9-20(18)27-19-7-5-8-19;/h3-4,6,9,17,19H,5,7-8,10-16H2,1-2H3,(H,22,23);1H. The van der Waals surface area contributed by atoms with Crippen molar-refractivity contribution in [2.24, 2.45) is 10.9 Å². The molecule has 1 atom stereocenters. The number of hydrogen-bond donors (Lipinski definition) is 1. The third kappa shape index (κ3) is 6.77. The topological polar surface area (TPSA) is 55.3 Å². The quantitative estimate of drug-likeness (QED) is 0.243. The van der Waals surface area contributed by atoms with Crippen LogP contribution in [0.5, 0.6) is 5.75 Å². The van der Waals surface area contributed by atoms with Gasteiger partial charge in [0.2, 0.25) is 0 Å². The minimum atomic E-state index is 0. The Kier molecular flexibility index (Phi) is 10.4. The molecule has 3 rings (SSSR count). The highest BCUT2D eigenvalue weighted by Gasteiger charge is 2.25. The van der Waals surface area contributed by atoms with Crippen molar-refractivity contribution in [2.45, 2.75) is 38.3 Å². The molecule has 6 nitrogen and oxygen atoms in total. The van der Waals surface area contributed by atoms with E-state index in [4.69, 9.17) is 14.2 Å². The lowest BCUT2D eigenvalue weighted by molar-refractivity contribution is 0.0536. The van der Waals surface area contributed by atoms with Crippen LogP contribution < -0.4 is 10.1 Å². The second kappa shape index (κ2) is 12.5. The normalized spacial score (nSPS) is 19.9. The first-order valence-corrected chi connectivity index (χ1v) is 10.1. The number of hydrogen-bond acceptors (Lipinski definition) is 4. The summed E-state index contributed by atoms with van der Waals surface area (Å²) in [6.07, 6.45) is 5.15. The second-order valence-corrected chi connectivity index (χ2v) is 7.35. The molecular weight excluding hydrogens is 469 g/mol. The molecule has 1 aromatic carbocycles. The monoisotopic (exact) mass is 503 g/mol. The van der Waals surface area contributed by atoms with Crippen LogP contribution in [0.15, 0.2) is 29.3 Å². The van der Waals surface area contributed by atoms with Crippen LogP contribution in [0, 0.1) is 5.92 Å². The molecule has 1 N–H and O–H groups in total. The summed E-state index contributed by atoms with van der Waals surface area (Å²) in [5.41, 5.74) is 1.18. The molecule has 0 amide bonds. The van der Waals surface area contributed by atoms with Crippen molar-refractivity contribution in [3.63, 3.8) is 0 Å². The van der Waals surface area contributed by atoms with Crippen LogP contribution in [0.3, 0.4) is 0 Å². The second-order valence-electron chi connectivity index (χ2n) is 7.35. The molecule has 1 aliphatic heterocycles. The van der Waals surface area contributed by atoms with Crippen LogP contribution in [0.2, 0.25) is 0 Å². The lowest BCUT2D eigenvalue weighted by Crippen LogP contribution is -2.40. The number of guanidine groups is 1. The van der Waals surface area contributed by atoms with Crippen LogP contribution in [0.25, 0.3) is 0 Å². The molecule has 0 spiro atoms. The van der Waals surface area contributed by atoms with Gasteiger partial charge in [0.25, 0.3) is 0 Å². The molecule has 2 aliphatic rings. The van der Waals surface area contributed by atoms with E-state index < -0.39 is 0 Å². The number of ether oxygens (including phenoxy) is 3. The molecule has 0 bridgehead atoms. The predicted octanol–water partition coefficient (Wildman–Crippen LogP) is 3.30. The molecular formula is C21H34IN3O3. The van der Waals surface area contributed by atoms with Gasteiger partial charge in [0.05, 0.1) is 25.9 Å². The van der Waals surface area contributed by atoms with Crippen molar-refractivity contribution in [1.29, 1.82) is 0 Å². The summed E-state index contributed by atoms with van der Waals surface area (Å²) in [5.74, 6) is 2.50. The summed E-state index contributed by atoms with van der Waals surface area (Å²) in [6, 6.07) is 8.31. The smallest absolute Gasteiger partial charge is 0.193 e. The number of likely N-dealkylation sites (tertiary alicyclic amines) is 1. The summed E-state index contributed by atoms with van der Waals surface area (Å²) in [5, 5.41) is 3.51. The van der Waals surface area contributed by atoms with Gasteiger partial charge in [-0.25, -0.2) is 0 Å². The van der Waals surface area contributed by atoms with E-state index in [0.29, 0.717) is 25.2 Å². The fourth-order valence-corrected chi connectivity index (χ4v) is 3.49. The molecule has 1 saturated heterocycles. The Morgan fingerprint density at radius 3 is 2.75 bits per heavy atom. The largest absolute Gasteiger partial charge is 0.490 e. The van der Waals surface area contributed by atoms with E-state index in [1.165, 1.54) is 24.8 Å². The highest BCUT2D eigenvalue weighted by atomic mass is 127. The molecule has 1 aliphatic carbocycles. The van der Waals surface area contributed by atoms with Crippen molar-refractivity contribution in [2.75, 3.05) is 47.1 Å². The Morgan fingerprint density at radius 1 is 1.21 bits per heavy atom. The van der Waals surface area contributed by atoms with Crippen LogP contribution in [0.4, 0.5) is 0 Å². The van der Waals surface area contributed by atoms with E-state index >= 15 is 0 Å². The zero-order chi connectivity index (χ0) is 18.9. The Labute approximate surface area is 186 Å². The van der Waals surface area contributed by atoms with Crippen molar-refractivity contribution in [3.8, 4) is 5.75 Å². The number of nitrogens with one attached hydrogen (secondary N) is 1. The maximum Gasteiger partial charge on any atom is 0.193 e. The zero-order valence-electron chi connectivity index (χ0n) is 17.1. The van der Waals surface area contributed by atoms with Crippen molar-refractivity contribution >= 4 is 29.9 Å². The van der Waals surface area contributed by atoms with Crippen LogP contribution in [-0.2, 0) is 16.0 Å². The van der Waals surface area contributed by atoms with Gasteiger partial charge in [-0.2, -0.15) is 0 Å². The van der Waals surface area contributed by atoms with Crippen LogP contribution >= 0.6 is 24.0 Å². The Morgan fingerprint density at radius 2 is 2.04 bits per heavy atom. The Hall–Kier alpha value is -1.06. The van der Waals surface area contributed by atoms with Crippen molar-refractivity contribution < 1.29 is 14.2 Å². The van der Waals surface area contributed by atoms with Gasteiger partial charge in [0.15, 0.2) is 5.96 Å². The Balaban J connectivity index is 0.00000280. The molecule has 1 heterocycles. The highest BCUT2D eigenvalue weighted by molar-refractivity contribution is 14.0. The summed E-state index contributed by atoms with van der Waals surface area (Å²) in [4.78, 5) is 6.80. The number of nitrogens with zero attached hydrogens (tertiary/aromatic N) is 2. The van der Waals surface area contributed by atoms with Gasteiger partial charge in [-0.05, 0) is 31.7 Å². The van der Waals surface area contributed by atoms with E-state index in [1.807, 2.05) is 13.1 Å². The van der Waals surface area contributed by atoms with E-state index in [9.17, 15) is 0 Å². The third-order valence-corrected chi connectivity index (χ3v) is 5.34. The number of benzene rings is 1. The number of para-hydroxylation sites is 1. The molecule has 158 valence electrons. The van der Waals surface area contributed by atoms with Gasteiger partial charge in [0.1, 0.15) is 5.75 Å². The van der Waals surface area contributed by atoms with Crippen molar-refractivity contribution in [3.05, 3.63) is 29.8 Å². The van der Waals surface area contributed by atoms with Gasteiger partial charge in [-0.15, -0.1) is 24.0 Å². The van der Waals surface area contributed by atoms with Gasteiger partial charge >= 0.3 is 0 Å². The van der Waals surface area contributed by atoms with Crippen LogP contribution in [-0.4, -0.2) is 64.0 Å². The Bertz CT molecular complexity index is 610. The molecule has 0 radical (unpaired) electrons. The minimum Gasteiger partial charge on any atom is -0.490 e. The van der Waals surface area contributed by atoms with Gasteiger partial charge in [0, 0.05) is 45.3 Å². The van der Waals surface area contributed by atoms with E-state index in [-0.39, 0.29) is 24.0 Å². The molecule has 1 unspecified atom stereocenters. The van der Waals surface area contributed by atoms with E-state index in [1.54, 1.807) is 7.11 Å². The van der Waals surface area contributed by atoms with E-state index in [2.05, 4.69) is 33.4 Å². The van der Waals surface area contributed by atoms with Crippen LogP contribution in [0.1, 0.15) is 31.2 Å². The fourth-order valence-electron chi connectivity index (χ4n) is 3.49. The third-order valence-electron chi connectivity index (χ3n) is 5.34. The minimum absolute atomic E-state index is 0. The number of halogens is 1. The molecule has 2 fully saturated rings. The predicted molar refractivity (Wildman–Crippen MR) is 123 cm³/mol. The zero-order valence-corrected chi connectivity index (χ0v) is 19.4. The molecule has 7 heteroatoms. The average Bonchev–Trinajstić information content (AvgIpc) is 3.12. The lowest BCUT2D eigenvalue weighted by atomic mass is 9.96. The highest BCUT2D eigenvalue weighted by Crippen LogP contribution is 2.27. The molecule has 1 saturated carbocycles. The number of aliphatic imine (C=N–C) groups is 1. The first kappa shape index (κ1) is 23.2. The maximum absolute atomic E-state index is 6.13. The first-order valence-electron chi connectivity index (χ1n) is 10.1. The molecule has 0 aromatic heterocycles. The SMILES string of the molecule is CN=C(NCc1ccccc1OC1CCC1)N1CCC(COCCOC)C1.I. The summed E-state index contributed by atoms with van der Waals surface area (Å²) in [7, 11) is 3.55. The average molecular weight is 503 g/mol. The van der Waals surface area contributed by atoms with Gasteiger partial charge in [-0.1, -0.05) is 18.2 Å². The summed E-state index contributed by atoms with van der Waals surface area (Å²) in [6.45, 7) is 4.82. The lowest BCUT2D eigenvalue weighted by Gasteiger charge is -2.28. The molecule has 1 aromatic rings. The summed E-state index contributed by atoms with van der Waals surface area (Å²) < 4.78 is 16.8. The van der Waals surface area contributed by atoms with E-state index in [0.717, 1.165) is 44.4 Å². The fraction of sp³-hybridized carbons (Fsp3) is 0.667.